The number of nitrogens with zero attached hydrogens (tertiary/aromatic N) is 4. The molecule has 2 aliphatic heterocycles. The van der Waals surface area contributed by atoms with Gasteiger partial charge in [0.25, 0.3) is 5.91 Å². The van der Waals surface area contributed by atoms with Gasteiger partial charge in [-0.2, -0.15) is 0 Å². The first-order valence-electron chi connectivity index (χ1n) is 22.7. The van der Waals surface area contributed by atoms with Gasteiger partial charge in [-0.25, -0.2) is 19.6 Å². The predicted octanol–water partition coefficient (Wildman–Crippen LogP) is 8.48. The molecule has 2 saturated heterocycles. The molecule has 7 aromatic rings. The van der Waals surface area contributed by atoms with Crippen LogP contribution in [0.3, 0.4) is 0 Å². The third kappa shape index (κ3) is 7.64. The standard InChI is InChI=1S/C51H54N8O7/c1-27(2)41(56-50(62)65-4)49(61)59-35-16-11-34(24-35)45(59)47-53-39-20-15-33-23-31(13-18-37(33)44(39)55-47)30-12-17-36-32(22-30)14-19-38-43(36)54-46(52-38)40-21-28(26-64-3)25-58(40)48(60)42(57-51(63)66-5)29-9-7-6-8-10-29/h6-10,12-15,17-20,22-23,27-28,34-35,40-42,45H,11,16,21,24-26H2,1-5H3,(H,52,54)(H,53,55)(H,56,62)(H,57,63)/t28-,34+,35-,40-,41?,42+,45-/m0/s1. The number of fused-ring (bicyclic) bond motifs is 8. The number of imidazole rings is 2. The average molecular weight is 891 g/mol. The molecule has 1 saturated carbocycles. The average Bonchev–Trinajstić information content (AvgIpc) is 4.20. The van der Waals surface area contributed by atoms with Crippen LogP contribution in [0.4, 0.5) is 9.59 Å². The zero-order valence-electron chi connectivity index (χ0n) is 37.7. The third-order valence-electron chi connectivity index (χ3n) is 14.0. The number of ether oxygens (including phenoxy) is 3. The van der Waals surface area contributed by atoms with E-state index in [4.69, 9.17) is 24.2 Å². The summed E-state index contributed by atoms with van der Waals surface area (Å²) in [6, 6.07) is 28.2. The molecule has 2 bridgehead atoms. The summed E-state index contributed by atoms with van der Waals surface area (Å²) in [6.45, 7) is 4.79. The fourth-order valence-corrected chi connectivity index (χ4v) is 10.9. The summed E-state index contributed by atoms with van der Waals surface area (Å²) < 4.78 is 15.3. The summed E-state index contributed by atoms with van der Waals surface area (Å²) in [5.41, 5.74) is 6.22. The number of carbonyl (C=O) groups is 4. The van der Waals surface area contributed by atoms with E-state index in [0.717, 1.165) is 79.8 Å². The Balaban J connectivity index is 0.933. The van der Waals surface area contributed by atoms with E-state index in [1.807, 2.05) is 55.1 Å². The number of benzene rings is 5. The maximum Gasteiger partial charge on any atom is 0.407 e. The van der Waals surface area contributed by atoms with E-state index in [2.05, 4.69) is 75.2 Å². The molecule has 0 spiro atoms. The van der Waals surface area contributed by atoms with Gasteiger partial charge in [-0.1, -0.05) is 80.6 Å². The van der Waals surface area contributed by atoms with Crippen LogP contribution in [0.1, 0.15) is 74.9 Å². The fraction of sp³-hybridized carbons (Fsp3) is 0.373. The summed E-state index contributed by atoms with van der Waals surface area (Å²) in [6.07, 6.45) is 2.22. The molecule has 66 heavy (non-hydrogen) atoms. The van der Waals surface area contributed by atoms with Crippen LogP contribution in [-0.4, -0.2) is 100 Å². The zero-order valence-corrected chi connectivity index (χ0v) is 37.7. The van der Waals surface area contributed by atoms with E-state index in [1.54, 1.807) is 12.0 Å². The van der Waals surface area contributed by atoms with E-state index in [9.17, 15) is 19.2 Å². The van der Waals surface area contributed by atoms with E-state index in [0.29, 0.717) is 31.0 Å². The fourth-order valence-electron chi connectivity index (χ4n) is 10.9. The molecule has 1 unspecified atom stereocenters. The Kier molecular flexibility index (Phi) is 11.3. The third-order valence-corrected chi connectivity index (χ3v) is 14.0. The molecule has 4 amide bonds. The van der Waals surface area contributed by atoms with Crippen LogP contribution in [0.15, 0.2) is 91.0 Å². The smallest absolute Gasteiger partial charge is 0.407 e. The molecule has 15 nitrogen and oxygen atoms in total. The summed E-state index contributed by atoms with van der Waals surface area (Å²) >= 11 is 0. The van der Waals surface area contributed by atoms with Crippen molar-refractivity contribution in [2.45, 2.75) is 69.7 Å². The van der Waals surface area contributed by atoms with Gasteiger partial charge in [-0.15, -0.1) is 0 Å². The van der Waals surface area contributed by atoms with Crippen molar-refractivity contribution in [1.82, 2.24) is 40.4 Å². The minimum atomic E-state index is -0.943. The van der Waals surface area contributed by atoms with Gasteiger partial charge < -0.3 is 44.6 Å². The lowest BCUT2D eigenvalue weighted by atomic mass is 9.95. The highest BCUT2D eigenvalue weighted by molar-refractivity contribution is 6.07. The van der Waals surface area contributed by atoms with Crippen LogP contribution >= 0.6 is 0 Å². The Morgan fingerprint density at radius 3 is 1.97 bits per heavy atom. The first-order valence-corrected chi connectivity index (χ1v) is 22.7. The summed E-state index contributed by atoms with van der Waals surface area (Å²) in [5.74, 6) is 1.35. The molecule has 5 aromatic carbocycles. The normalized spacial score (nSPS) is 21.3. The summed E-state index contributed by atoms with van der Waals surface area (Å²) in [5, 5.41) is 9.61. The Labute approximate surface area is 381 Å². The van der Waals surface area contributed by atoms with Crippen molar-refractivity contribution in [2.24, 2.45) is 17.8 Å². The second kappa shape index (κ2) is 17.4. The highest BCUT2D eigenvalue weighted by atomic mass is 16.5. The molecule has 1 aliphatic carbocycles. The van der Waals surface area contributed by atoms with Crippen molar-refractivity contribution in [3.63, 3.8) is 0 Å². The Hall–Kier alpha value is -7.00. The van der Waals surface area contributed by atoms with Crippen LogP contribution in [0, 0.1) is 17.8 Å². The van der Waals surface area contributed by atoms with Crippen LogP contribution in [0.5, 0.6) is 0 Å². The van der Waals surface area contributed by atoms with Crippen molar-refractivity contribution in [3.8, 4) is 11.1 Å². The number of likely N-dealkylation sites (tertiary alicyclic amines) is 2. The molecule has 0 radical (unpaired) electrons. The van der Waals surface area contributed by atoms with Crippen molar-refractivity contribution >= 4 is 67.6 Å². The van der Waals surface area contributed by atoms with Crippen molar-refractivity contribution in [1.29, 1.82) is 0 Å². The van der Waals surface area contributed by atoms with Crippen LogP contribution in [-0.2, 0) is 23.8 Å². The Morgan fingerprint density at radius 2 is 1.35 bits per heavy atom. The van der Waals surface area contributed by atoms with Gasteiger partial charge in [-0.05, 0) is 89.2 Å². The van der Waals surface area contributed by atoms with Crippen LogP contribution in [0.2, 0.25) is 0 Å². The molecule has 340 valence electrons. The van der Waals surface area contributed by atoms with Gasteiger partial charge in [0.05, 0.1) is 55.0 Å². The highest BCUT2D eigenvalue weighted by Crippen LogP contribution is 2.50. The van der Waals surface area contributed by atoms with Crippen molar-refractivity contribution < 1.29 is 33.4 Å². The van der Waals surface area contributed by atoms with Gasteiger partial charge >= 0.3 is 12.2 Å². The molecule has 10 rings (SSSR count). The van der Waals surface area contributed by atoms with Crippen molar-refractivity contribution in [3.05, 3.63) is 108 Å². The van der Waals surface area contributed by atoms with E-state index in [1.165, 1.54) is 14.2 Å². The van der Waals surface area contributed by atoms with Gasteiger partial charge in [0, 0.05) is 36.4 Å². The monoisotopic (exact) mass is 890 g/mol. The van der Waals surface area contributed by atoms with Gasteiger partial charge in [-0.3, -0.25) is 9.59 Å². The Morgan fingerprint density at radius 1 is 0.727 bits per heavy atom. The number of hydrogen-bond acceptors (Lipinski definition) is 9. The molecule has 15 heteroatoms. The summed E-state index contributed by atoms with van der Waals surface area (Å²) in [7, 11) is 4.25. The SMILES string of the molecule is COC[C@H]1C[C@@H](c2nc3c(ccc4cc(-c5ccc6c(ccc7[nH]c([C@@H]8[C@@H]9CC[C@@H](C9)N8C(=O)C(NC(=O)OC)C(C)C)nc76)c5)ccc43)[nH]2)N(C(=O)[C@H](NC(=O)OC)c2ccccc2)C1. The van der Waals surface area contributed by atoms with E-state index >= 15 is 0 Å². The minimum absolute atomic E-state index is 0.0726. The van der Waals surface area contributed by atoms with Crippen LogP contribution in [0.25, 0.3) is 54.7 Å². The number of piperidine rings is 1. The van der Waals surface area contributed by atoms with E-state index < -0.39 is 24.3 Å². The number of hydrogen-bond donors (Lipinski definition) is 4. The number of aromatic amines is 2. The number of carbonyl (C=O) groups excluding carboxylic acids is 4. The predicted molar refractivity (Wildman–Crippen MR) is 250 cm³/mol. The number of rotatable bonds is 11. The Bertz CT molecular complexity index is 3000. The number of H-pyrrole nitrogens is 2. The van der Waals surface area contributed by atoms with Gasteiger partial charge in [0.1, 0.15) is 23.7 Å². The van der Waals surface area contributed by atoms with Crippen molar-refractivity contribution in [2.75, 3.05) is 34.5 Å². The van der Waals surface area contributed by atoms with E-state index in [-0.39, 0.29) is 47.7 Å². The lowest BCUT2D eigenvalue weighted by Gasteiger charge is -2.37. The topological polar surface area (TPSA) is 184 Å². The van der Waals surface area contributed by atoms with Gasteiger partial charge in [0.2, 0.25) is 5.91 Å². The van der Waals surface area contributed by atoms with Gasteiger partial charge in [0.15, 0.2) is 0 Å². The number of aromatic nitrogens is 4. The molecule has 2 aromatic heterocycles. The van der Waals surface area contributed by atoms with Crippen LogP contribution < -0.4 is 10.6 Å². The second-order valence-electron chi connectivity index (χ2n) is 18.4. The highest BCUT2D eigenvalue weighted by Gasteiger charge is 2.51. The summed E-state index contributed by atoms with van der Waals surface area (Å²) in [4.78, 5) is 74.5. The lowest BCUT2D eigenvalue weighted by Crippen LogP contribution is -2.54. The largest absolute Gasteiger partial charge is 0.453 e. The first-order chi connectivity index (χ1) is 32.0. The maximum atomic E-state index is 14.4. The molecule has 3 fully saturated rings. The molecular formula is C51H54N8O7. The number of alkyl carbamates (subject to hydrolysis) is 2. The second-order valence-corrected chi connectivity index (χ2v) is 18.4. The maximum absolute atomic E-state index is 14.4. The number of amides is 4. The molecule has 4 heterocycles. The first kappa shape index (κ1) is 42.9. The minimum Gasteiger partial charge on any atom is -0.453 e. The molecule has 3 aliphatic rings. The molecule has 7 atom stereocenters. The lowest BCUT2D eigenvalue weighted by molar-refractivity contribution is -0.139. The zero-order chi connectivity index (χ0) is 45.8. The molecule has 4 N–H and O–H groups in total. The number of nitrogens with one attached hydrogen (secondary N) is 4. The number of methoxy groups -OCH3 is 3. The quantitative estimate of drug-likeness (QED) is 0.0990. The molecular weight excluding hydrogens is 837 g/mol.